The van der Waals surface area contributed by atoms with Gasteiger partial charge in [-0.1, -0.05) is 78.4 Å². The molecule has 1 atom stereocenters. The molecule has 3 rings (SSSR count). The number of rotatable bonds is 6. The van der Waals surface area contributed by atoms with Crippen LogP contribution in [-0.4, -0.2) is 5.91 Å². The molecule has 0 fully saturated rings. The maximum Gasteiger partial charge on any atom is 0.252 e. The van der Waals surface area contributed by atoms with Gasteiger partial charge in [-0.05, 0) is 49.4 Å². The summed E-state index contributed by atoms with van der Waals surface area (Å²) in [6.07, 6.45) is 1.78. The number of hydrogen-bond acceptors (Lipinski definition) is 1. The molecule has 0 spiro atoms. The number of carbonyl (C=O) groups excluding carboxylic acids is 1. The number of aryl methyl sites for hydroxylation is 3. The molecule has 3 aromatic rings. The average Bonchev–Trinajstić information content (AvgIpc) is 2.68. The standard InChI is InChI=1S/C24H25NO/c1-18-12-15-21(16-13-18)19(2)25-24(26)23-11-7-6-10-22(23)17-14-20-8-4-3-5-9-20/h3-13,15-16,19H,14,17H2,1-2H3,(H,25,26)/t19-/m1/s1. The second kappa shape index (κ2) is 8.48. The van der Waals surface area contributed by atoms with Crippen LogP contribution < -0.4 is 5.32 Å². The lowest BCUT2D eigenvalue weighted by Crippen LogP contribution is -2.27. The Morgan fingerprint density at radius 2 is 1.50 bits per heavy atom. The Morgan fingerprint density at radius 3 is 2.23 bits per heavy atom. The summed E-state index contributed by atoms with van der Waals surface area (Å²) in [5, 5.41) is 3.13. The first-order valence-electron chi connectivity index (χ1n) is 9.13. The molecule has 0 saturated heterocycles. The van der Waals surface area contributed by atoms with Gasteiger partial charge in [0.15, 0.2) is 0 Å². The Morgan fingerprint density at radius 1 is 0.846 bits per heavy atom. The maximum absolute atomic E-state index is 12.8. The van der Waals surface area contributed by atoms with E-state index in [1.165, 1.54) is 11.1 Å². The molecule has 1 amide bonds. The van der Waals surface area contributed by atoms with Gasteiger partial charge < -0.3 is 5.32 Å². The fraction of sp³-hybridized carbons (Fsp3) is 0.208. The summed E-state index contributed by atoms with van der Waals surface area (Å²) >= 11 is 0. The van der Waals surface area contributed by atoms with Crippen LogP contribution in [0.5, 0.6) is 0 Å². The Labute approximate surface area is 155 Å². The lowest BCUT2D eigenvalue weighted by Gasteiger charge is -2.16. The van der Waals surface area contributed by atoms with Gasteiger partial charge in [-0.25, -0.2) is 0 Å². The number of nitrogens with one attached hydrogen (secondary N) is 1. The predicted molar refractivity (Wildman–Crippen MR) is 107 cm³/mol. The van der Waals surface area contributed by atoms with Crippen molar-refractivity contribution in [1.29, 1.82) is 0 Å². The monoisotopic (exact) mass is 343 g/mol. The van der Waals surface area contributed by atoms with Crippen molar-refractivity contribution in [3.8, 4) is 0 Å². The third kappa shape index (κ3) is 4.60. The first-order valence-corrected chi connectivity index (χ1v) is 9.13. The Bertz CT molecular complexity index is 853. The molecular weight excluding hydrogens is 318 g/mol. The first kappa shape index (κ1) is 17.9. The Kier molecular flexibility index (Phi) is 5.85. The molecule has 0 saturated carbocycles. The summed E-state index contributed by atoms with van der Waals surface area (Å²) in [4.78, 5) is 12.8. The number of carbonyl (C=O) groups is 1. The van der Waals surface area contributed by atoms with Crippen molar-refractivity contribution >= 4 is 5.91 Å². The molecule has 26 heavy (non-hydrogen) atoms. The van der Waals surface area contributed by atoms with Gasteiger partial charge in [0.25, 0.3) is 5.91 Å². The van der Waals surface area contributed by atoms with Gasteiger partial charge in [0.05, 0.1) is 6.04 Å². The second-order valence-corrected chi connectivity index (χ2v) is 6.75. The molecule has 3 aromatic carbocycles. The molecule has 0 aliphatic heterocycles. The molecule has 0 radical (unpaired) electrons. The van der Waals surface area contributed by atoms with Gasteiger partial charge in [0, 0.05) is 5.56 Å². The normalized spacial score (nSPS) is 11.8. The Hall–Kier alpha value is -2.87. The topological polar surface area (TPSA) is 29.1 Å². The SMILES string of the molecule is Cc1ccc([C@@H](C)NC(=O)c2ccccc2CCc2ccccc2)cc1. The van der Waals surface area contributed by atoms with Crippen molar-refractivity contribution < 1.29 is 4.79 Å². The van der Waals surface area contributed by atoms with E-state index in [0.717, 1.165) is 29.5 Å². The number of benzene rings is 3. The zero-order chi connectivity index (χ0) is 18.4. The van der Waals surface area contributed by atoms with Crippen molar-refractivity contribution in [2.45, 2.75) is 32.7 Å². The average molecular weight is 343 g/mol. The van der Waals surface area contributed by atoms with E-state index in [0.29, 0.717) is 0 Å². The predicted octanol–water partition coefficient (Wildman–Crippen LogP) is 5.27. The molecule has 0 unspecified atom stereocenters. The smallest absolute Gasteiger partial charge is 0.252 e. The van der Waals surface area contributed by atoms with E-state index < -0.39 is 0 Å². The van der Waals surface area contributed by atoms with E-state index in [4.69, 9.17) is 0 Å². The lowest BCUT2D eigenvalue weighted by molar-refractivity contribution is 0.0939. The van der Waals surface area contributed by atoms with E-state index in [-0.39, 0.29) is 11.9 Å². The van der Waals surface area contributed by atoms with Crippen LogP contribution >= 0.6 is 0 Å². The third-order valence-electron chi connectivity index (χ3n) is 4.71. The molecule has 0 aliphatic rings. The number of amides is 1. The van der Waals surface area contributed by atoms with Crippen LogP contribution in [0.2, 0.25) is 0 Å². The van der Waals surface area contributed by atoms with Crippen LogP contribution in [0.4, 0.5) is 0 Å². The van der Waals surface area contributed by atoms with Gasteiger partial charge in [-0.3, -0.25) is 4.79 Å². The summed E-state index contributed by atoms with van der Waals surface area (Å²) < 4.78 is 0. The molecular formula is C24H25NO. The lowest BCUT2D eigenvalue weighted by atomic mass is 9.99. The fourth-order valence-corrected chi connectivity index (χ4v) is 3.10. The van der Waals surface area contributed by atoms with E-state index in [1.807, 2.05) is 37.3 Å². The fourth-order valence-electron chi connectivity index (χ4n) is 3.10. The van der Waals surface area contributed by atoms with Gasteiger partial charge in [0.1, 0.15) is 0 Å². The summed E-state index contributed by atoms with van der Waals surface area (Å²) in [5.41, 5.74) is 5.48. The third-order valence-corrected chi connectivity index (χ3v) is 4.71. The summed E-state index contributed by atoms with van der Waals surface area (Å²) in [6.45, 7) is 4.09. The highest BCUT2D eigenvalue weighted by molar-refractivity contribution is 5.95. The van der Waals surface area contributed by atoms with E-state index in [9.17, 15) is 4.79 Å². The van der Waals surface area contributed by atoms with E-state index in [1.54, 1.807) is 0 Å². The van der Waals surface area contributed by atoms with Gasteiger partial charge in [-0.2, -0.15) is 0 Å². The summed E-state index contributed by atoms with van der Waals surface area (Å²) in [5.74, 6) is -0.0123. The molecule has 0 heterocycles. The van der Waals surface area contributed by atoms with Crippen LogP contribution in [0.15, 0.2) is 78.9 Å². The summed E-state index contributed by atoms with van der Waals surface area (Å²) in [6, 6.07) is 26.5. The van der Waals surface area contributed by atoms with E-state index >= 15 is 0 Å². The van der Waals surface area contributed by atoms with Crippen molar-refractivity contribution in [1.82, 2.24) is 5.32 Å². The largest absolute Gasteiger partial charge is 0.346 e. The minimum Gasteiger partial charge on any atom is -0.346 e. The maximum atomic E-state index is 12.8. The molecule has 0 aliphatic carbocycles. The van der Waals surface area contributed by atoms with Crippen LogP contribution in [0.25, 0.3) is 0 Å². The van der Waals surface area contributed by atoms with Crippen LogP contribution in [-0.2, 0) is 12.8 Å². The zero-order valence-electron chi connectivity index (χ0n) is 15.4. The van der Waals surface area contributed by atoms with Crippen molar-refractivity contribution in [2.24, 2.45) is 0 Å². The minimum atomic E-state index is -0.0229. The van der Waals surface area contributed by atoms with Crippen LogP contribution in [0.1, 0.15) is 45.6 Å². The number of hydrogen-bond donors (Lipinski definition) is 1. The first-order chi connectivity index (χ1) is 12.6. The summed E-state index contributed by atoms with van der Waals surface area (Å²) in [7, 11) is 0. The highest BCUT2D eigenvalue weighted by Crippen LogP contribution is 2.17. The highest BCUT2D eigenvalue weighted by Gasteiger charge is 2.14. The van der Waals surface area contributed by atoms with E-state index in [2.05, 4.69) is 60.8 Å². The molecule has 0 aromatic heterocycles. The van der Waals surface area contributed by atoms with Crippen LogP contribution in [0.3, 0.4) is 0 Å². The van der Waals surface area contributed by atoms with Crippen LogP contribution in [0, 0.1) is 6.92 Å². The molecule has 0 bridgehead atoms. The Balaban J connectivity index is 1.70. The quantitative estimate of drug-likeness (QED) is 0.649. The van der Waals surface area contributed by atoms with Gasteiger partial charge in [-0.15, -0.1) is 0 Å². The van der Waals surface area contributed by atoms with Gasteiger partial charge in [0.2, 0.25) is 0 Å². The molecule has 2 heteroatoms. The second-order valence-electron chi connectivity index (χ2n) is 6.75. The molecule has 2 nitrogen and oxygen atoms in total. The van der Waals surface area contributed by atoms with Crippen molar-refractivity contribution in [3.63, 3.8) is 0 Å². The molecule has 1 N–H and O–H groups in total. The highest BCUT2D eigenvalue weighted by atomic mass is 16.1. The minimum absolute atomic E-state index is 0.0123. The van der Waals surface area contributed by atoms with Crippen molar-refractivity contribution in [2.75, 3.05) is 0 Å². The van der Waals surface area contributed by atoms with Gasteiger partial charge >= 0.3 is 0 Å². The molecule has 132 valence electrons. The van der Waals surface area contributed by atoms with Crippen molar-refractivity contribution in [3.05, 3.63) is 107 Å². The zero-order valence-corrected chi connectivity index (χ0v) is 15.4.